The molecule has 1 aromatic carbocycles. The molecule has 2 nitrogen and oxygen atoms in total. The lowest BCUT2D eigenvalue weighted by molar-refractivity contribution is 0.312. The van der Waals surface area contributed by atoms with Crippen molar-refractivity contribution < 1.29 is 4.74 Å². The zero-order valence-corrected chi connectivity index (χ0v) is 10.5. The summed E-state index contributed by atoms with van der Waals surface area (Å²) in [5.41, 5.74) is 6.63. The van der Waals surface area contributed by atoms with E-state index in [1.54, 1.807) is 0 Å². The van der Waals surface area contributed by atoms with Crippen LogP contribution in [-0.2, 0) is 6.54 Å². The first-order valence-electron chi connectivity index (χ1n) is 4.39. The number of halogens is 2. The normalized spacial score (nSPS) is 9.36. The second-order valence-electron chi connectivity index (χ2n) is 2.78. The lowest BCUT2D eigenvalue weighted by Gasteiger charge is -2.10. The van der Waals surface area contributed by atoms with Crippen molar-refractivity contribution in [2.75, 3.05) is 6.61 Å². The molecule has 0 spiro atoms. The van der Waals surface area contributed by atoms with E-state index in [1.807, 2.05) is 18.2 Å². The highest BCUT2D eigenvalue weighted by Gasteiger charge is 2.05. The lowest BCUT2D eigenvalue weighted by Crippen LogP contribution is -2.03. The van der Waals surface area contributed by atoms with E-state index in [2.05, 4.69) is 22.9 Å². The third kappa shape index (κ3) is 3.48. The minimum absolute atomic E-state index is 0. The van der Waals surface area contributed by atoms with Crippen LogP contribution in [-0.4, -0.2) is 6.61 Å². The standard InChI is InChI=1S/C10H14BrNO.ClH/c1-2-6-13-10-8(7-12)4-3-5-9(10)11;/h3-5H,2,6-7,12H2,1H3;1H. The Labute approximate surface area is 99.4 Å². The van der Waals surface area contributed by atoms with Gasteiger partial charge in [-0.15, -0.1) is 12.4 Å². The molecule has 14 heavy (non-hydrogen) atoms. The highest BCUT2D eigenvalue weighted by molar-refractivity contribution is 9.10. The summed E-state index contributed by atoms with van der Waals surface area (Å²) in [5, 5.41) is 0. The van der Waals surface area contributed by atoms with E-state index >= 15 is 0 Å². The molecule has 1 aromatic rings. The fourth-order valence-electron chi connectivity index (χ4n) is 1.08. The van der Waals surface area contributed by atoms with Gasteiger partial charge in [0.05, 0.1) is 11.1 Å². The molecule has 0 heterocycles. The first-order valence-corrected chi connectivity index (χ1v) is 5.19. The molecule has 80 valence electrons. The van der Waals surface area contributed by atoms with E-state index in [1.165, 1.54) is 0 Å². The van der Waals surface area contributed by atoms with Crippen LogP contribution < -0.4 is 10.5 Å². The number of rotatable bonds is 4. The predicted octanol–water partition coefficient (Wildman–Crippen LogP) is 3.12. The highest BCUT2D eigenvalue weighted by atomic mass is 79.9. The maximum Gasteiger partial charge on any atom is 0.137 e. The van der Waals surface area contributed by atoms with Crippen LogP contribution in [0.3, 0.4) is 0 Å². The van der Waals surface area contributed by atoms with E-state index in [-0.39, 0.29) is 12.4 Å². The van der Waals surface area contributed by atoms with Crippen molar-refractivity contribution in [3.8, 4) is 5.75 Å². The third-order valence-electron chi connectivity index (χ3n) is 1.72. The summed E-state index contributed by atoms with van der Waals surface area (Å²) in [4.78, 5) is 0. The molecule has 0 fully saturated rings. The van der Waals surface area contributed by atoms with Gasteiger partial charge < -0.3 is 10.5 Å². The van der Waals surface area contributed by atoms with Gasteiger partial charge >= 0.3 is 0 Å². The minimum Gasteiger partial charge on any atom is -0.492 e. The molecule has 2 N–H and O–H groups in total. The molecule has 0 aliphatic rings. The second-order valence-corrected chi connectivity index (χ2v) is 3.64. The smallest absolute Gasteiger partial charge is 0.137 e. The zero-order valence-electron chi connectivity index (χ0n) is 8.13. The monoisotopic (exact) mass is 279 g/mol. The van der Waals surface area contributed by atoms with Crippen LogP contribution in [0.5, 0.6) is 5.75 Å². The molecule has 0 atom stereocenters. The molecular formula is C10H15BrClNO. The summed E-state index contributed by atoms with van der Waals surface area (Å²) in [5.74, 6) is 0.881. The van der Waals surface area contributed by atoms with Crippen molar-refractivity contribution in [2.24, 2.45) is 5.73 Å². The molecule has 0 radical (unpaired) electrons. The molecule has 0 saturated heterocycles. The Kier molecular flexibility index (Phi) is 6.97. The van der Waals surface area contributed by atoms with Crippen LogP contribution in [0, 0.1) is 0 Å². The van der Waals surface area contributed by atoms with Gasteiger partial charge in [0.2, 0.25) is 0 Å². The molecule has 0 aliphatic heterocycles. The molecule has 0 saturated carbocycles. The molecule has 0 amide bonds. The topological polar surface area (TPSA) is 35.2 Å². The Hall–Kier alpha value is -0.250. The van der Waals surface area contributed by atoms with Crippen LogP contribution >= 0.6 is 28.3 Å². The fraction of sp³-hybridized carbons (Fsp3) is 0.400. The summed E-state index contributed by atoms with van der Waals surface area (Å²) in [6.45, 7) is 3.33. The maximum atomic E-state index is 5.59. The predicted molar refractivity (Wildman–Crippen MR) is 65.1 cm³/mol. The zero-order chi connectivity index (χ0) is 9.68. The molecule has 4 heteroatoms. The van der Waals surface area contributed by atoms with Gasteiger partial charge in [-0.05, 0) is 28.4 Å². The van der Waals surface area contributed by atoms with Gasteiger partial charge in [0.15, 0.2) is 0 Å². The van der Waals surface area contributed by atoms with E-state index in [0.29, 0.717) is 6.54 Å². The van der Waals surface area contributed by atoms with Gasteiger partial charge in [0.25, 0.3) is 0 Å². The highest BCUT2D eigenvalue weighted by Crippen LogP contribution is 2.28. The summed E-state index contributed by atoms with van der Waals surface area (Å²) >= 11 is 3.44. The van der Waals surface area contributed by atoms with E-state index < -0.39 is 0 Å². The first kappa shape index (κ1) is 13.8. The van der Waals surface area contributed by atoms with Gasteiger partial charge in [0.1, 0.15) is 5.75 Å². The lowest BCUT2D eigenvalue weighted by atomic mass is 10.2. The van der Waals surface area contributed by atoms with Crippen molar-refractivity contribution in [3.05, 3.63) is 28.2 Å². The molecule has 0 bridgehead atoms. The second kappa shape index (κ2) is 7.10. The van der Waals surface area contributed by atoms with Gasteiger partial charge in [-0.1, -0.05) is 19.1 Å². The van der Waals surface area contributed by atoms with Crippen molar-refractivity contribution in [1.82, 2.24) is 0 Å². The van der Waals surface area contributed by atoms with Crippen LogP contribution in [0.15, 0.2) is 22.7 Å². The molecule has 0 aliphatic carbocycles. The van der Waals surface area contributed by atoms with Crippen LogP contribution in [0.1, 0.15) is 18.9 Å². The van der Waals surface area contributed by atoms with Crippen molar-refractivity contribution in [1.29, 1.82) is 0 Å². The van der Waals surface area contributed by atoms with E-state index in [0.717, 1.165) is 28.8 Å². The molecule has 0 aromatic heterocycles. The Bertz CT molecular complexity index is 281. The fourth-order valence-corrected chi connectivity index (χ4v) is 1.60. The number of benzene rings is 1. The van der Waals surface area contributed by atoms with Crippen molar-refractivity contribution in [2.45, 2.75) is 19.9 Å². The summed E-state index contributed by atoms with van der Waals surface area (Å²) in [6.07, 6.45) is 1.01. The molecule has 0 unspecified atom stereocenters. The third-order valence-corrected chi connectivity index (χ3v) is 2.34. The summed E-state index contributed by atoms with van der Waals surface area (Å²) < 4.78 is 6.56. The Morgan fingerprint density at radius 3 is 2.71 bits per heavy atom. The number of para-hydroxylation sites is 1. The number of hydrogen-bond acceptors (Lipinski definition) is 2. The Balaban J connectivity index is 0.00000169. The van der Waals surface area contributed by atoms with Crippen molar-refractivity contribution in [3.63, 3.8) is 0 Å². The SMILES string of the molecule is CCCOc1c(Br)cccc1CN.Cl. The first-order chi connectivity index (χ1) is 6.29. The van der Waals surface area contributed by atoms with Gasteiger partial charge in [-0.3, -0.25) is 0 Å². The van der Waals surface area contributed by atoms with Gasteiger partial charge in [-0.25, -0.2) is 0 Å². The van der Waals surface area contributed by atoms with Gasteiger partial charge in [-0.2, -0.15) is 0 Å². The van der Waals surface area contributed by atoms with Crippen LogP contribution in [0.2, 0.25) is 0 Å². The Morgan fingerprint density at radius 2 is 2.14 bits per heavy atom. The van der Waals surface area contributed by atoms with Crippen molar-refractivity contribution >= 4 is 28.3 Å². The van der Waals surface area contributed by atoms with Crippen LogP contribution in [0.25, 0.3) is 0 Å². The van der Waals surface area contributed by atoms with E-state index in [4.69, 9.17) is 10.5 Å². The largest absolute Gasteiger partial charge is 0.492 e. The van der Waals surface area contributed by atoms with Crippen LogP contribution in [0.4, 0.5) is 0 Å². The summed E-state index contributed by atoms with van der Waals surface area (Å²) in [7, 11) is 0. The number of nitrogens with two attached hydrogens (primary N) is 1. The minimum atomic E-state index is 0. The molecular weight excluding hydrogens is 265 g/mol. The number of ether oxygens (including phenoxy) is 1. The maximum absolute atomic E-state index is 5.59. The average molecular weight is 281 g/mol. The average Bonchev–Trinajstić information content (AvgIpc) is 2.15. The summed E-state index contributed by atoms with van der Waals surface area (Å²) in [6, 6.07) is 5.91. The quantitative estimate of drug-likeness (QED) is 0.920. The Morgan fingerprint density at radius 1 is 1.43 bits per heavy atom. The molecule has 1 rings (SSSR count). The van der Waals surface area contributed by atoms with Gasteiger partial charge in [0, 0.05) is 12.1 Å². The number of hydrogen-bond donors (Lipinski definition) is 1. The van der Waals surface area contributed by atoms with E-state index in [9.17, 15) is 0 Å².